The molecule has 0 saturated carbocycles. The summed E-state index contributed by atoms with van der Waals surface area (Å²) in [6.07, 6.45) is 1.47. The number of carbonyl (C=O) groups excluding carboxylic acids is 1. The van der Waals surface area contributed by atoms with Gasteiger partial charge in [0.25, 0.3) is 5.91 Å². The number of aryl methyl sites for hydroxylation is 1. The van der Waals surface area contributed by atoms with Crippen molar-refractivity contribution in [2.45, 2.75) is 13.5 Å². The Morgan fingerprint density at radius 2 is 1.69 bits per heavy atom. The fourth-order valence-corrected chi connectivity index (χ4v) is 3.53. The van der Waals surface area contributed by atoms with Gasteiger partial charge in [0.2, 0.25) is 0 Å². The second kappa shape index (κ2) is 8.73. The predicted octanol–water partition coefficient (Wildman–Crippen LogP) is 3.04. The van der Waals surface area contributed by atoms with Gasteiger partial charge in [-0.05, 0) is 30.2 Å². The van der Waals surface area contributed by atoms with Gasteiger partial charge in [-0.25, -0.2) is 9.97 Å². The van der Waals surface area contributed by atoms with Crippen molar-refractivity contribution in [2.75, 3.05) is 36.0 Å². The van der Waals surface area contributed by atoms with E-state index in [-0.39, 0.29) is 5.91 Å². The van der Waals surface area contributed by atoms with E-state index in [1.54, 1.807) is 6.07 Å². The van der Waals surface area contributed by atoms with Gasteiger partial charge < -0.3 is 15.1 Å². The van der Waals surface area contributed by atoms with E-state index < -0.39 is 0 Å². The Labute approximate surface area is 171 Å². The highest BCUT2D eigenvalue weighted by Gasteiger charge is 2.19. The number of benzene rings is 2. The maximum atomic E-state index is 12.5. The minimum atomic E-state index is -0.184. The zero-order valence-corrected chi connectivity index (χ0v) is 16.6. The number of rotatable bonds is 5. The summed E-state index contributed by atoms with van der Waals surface area (Å²) in [6.45, 7) is 6.15. The van der Waals surface area contributed by atoms with Crippen LogP contribution in [0.3, 0.4) is 0 Å². The zero-order chi connectivity index (χ0) is 20.1. The van der Waals surface area contributed by atoms with E-state index in [1.807, 2.05) is 30.3 Å². The SMILES string of the molecule is Cc1cccc(N2CCN(c3cc(C(=O)NCc4ccccc4)ncn3)CC2)c1. The summed E-state index contributed by atoms with van der Waals surface area (Å²) >= 11 is 0. The Kier molecular flexibility index (Phi) is 5.70. The molecule has 2 aromatic carbocycles. The molecule has 1 aliphatic rings. The number of aromatic nitrogens is 2. The molecule has 6 nitrogen and oxygen atoms in total. The maximum absolute atomic E-state index is 12.5. The van der Waals surface area contributed by atoms with Crippen molar-refractivity contribution >= 4 is 17.4 Å². The Morgan fingerprint density at radius 1 is 0.931 bits per heavy atom. The van der Waals surface area contributed by atoms with Crippen LogP contribution in [0.2, 0.25) is 0 Å². The van der Waals surface area contributed by atoms with Gasteiger partial charge in [0.1, 0.15) is 17.8 Å². The summed E-state index contributed by atoms with van der Waals surface area (Å²) < 4.78 is 0. The number of piperazine rings is 1. The van der Waals surface area contributed by atoms with Crippen molar-refractivity contribution in [3.63, 3.8) is 0 Å². The van der Waals surface area contributed by atoms with Crippen LogP contribution >= 0.6 is 0 Å². The largest absolute Gasteiger partial charge is 0.368 e. The van der Waals surface area contributed by atoms with E-state index >= 15 is 0 Å². The minimum Gasteiger partial charge on any atom is -0.368 e. The molecule has 148 valence electrons. The third-order valence-electron chi connectivity index (χ3n) is 5.15. The van der Waals surface area contributed by atoms with Crippen LogP contribution in [-0.2, 0) is 6.54 Å². The smallest absolute Gasteiger partial charge is 0.270 e. The Hall–Kier alpha value is -3.41. The van der Waals surface area contributed by atoms with E-state index in [4.69, 9.17) is 0 Å². The average molecular weight is 387 g/mol. The number of hydrogen-bond donors (Lipinski definition) is 1. The monoisotopic (exact) mass is 387 g/mol. The molecule has 29 heavy (non-hydrogen) atoms. The van der Waals surface area contributed by atoms with Crippen LogP contribution in [-0.4, -0.2) is 42.1 Å². The highest BCUT2D eigenvalue weighted by atomic mass is 16.1. The van der Waals surface area contributed by atoms with E-state index in [9.17, 15) is 4.79 Å². The highest BCUT2D eigenvalue weighted by molar-refractivity contribution is 5.92. The molecule has 1 amide bonds. The zero-order valence-electron chi connectivity index (χ0n) is 16.6. The summed E-state index contributed by atoms with van der Waals surface area (Å²) in [4.78, 5) is 25.6. The lowest BCUT2D eigenvalue weighted by molar-refractivity contribution is 0.0945. The quantitative estimate of drug-likeness (QED) is 0.729. The van der Waals surface area contributed by atoms with E-state index in [0.29, 0.717) is 12.2 Å². The highest BCUT2D eigenvalue weighted by Crippen LogP contribution is 2.20. The third kappa shape index (κ3) is 4.71. The van der Waals surface area contributed by atoms with Crippen molar-refractivity contribution in [1.29, 1.82) is 0 Å². The van der Waals surface area contributed by atoms with Crippen molar-refractivity contribution in [2.24, 2.45) is 0 Å². The van der Waals surface area contributed by atoms with Crippen LogP contribution in [0.1, 0.15) is 21.6 Å². The van der Waals surface area contributed by atoms with Crippen molar-refractivity contribution in [3.05, 3.63) is 83.8 Å². The predicted molar refractivity (Wildman–Crippen MR) is 115 cm³/mol. The van der Waals surface area contributed by atoms with E-state index in [1.165, 1.54) is 17.6 Å². The molecule has 6 heteroatoms. The fraction of sp³-hybridized carbons (Fsp3) is 0.261. The van der Waals surface area contributed by atoms with Gasteiger partial charge >= 0.3 is 0 Å². The van der Waals surface area contributed by atoms with Gasteiger partial charge in [-0.1, -0.05) is 42.5 Å². The van der Waals surface area contributed by atoms with Gasteiger partial charge in [-0.2, -0.15) is 0 Å². The summed E-state index contributed by atoms with van der Waals surface area (Å²) in [7, 11) is 0. The third-order valence-corrected chi connectivity index (χ3v) is 5.15. The molecule has 4 rings (SSSR count). The first kappa shape index (κ1) is 18.9. The summed E-state index contributed by atoms with van der Waals surface area (Å²) in [5.74, 6) is 0.615. The minimum absolute atomic E-state index is 0.184. The first-order valence-electron chi connectivity index (χ1n) is 9.90. The lowest BCUT2D eigenvalue weighted by Crippen LogP contribution is -2.47. The fourth-order valence-electron chi connectivity index (χ4n) is 3.53. The molecule has 0 spiro atoms. The van der Waals surface area contributed by atoms with Crippen molar-refractivity contribution in [3.8, 4) is 0 Å². The van der Waals surface area contributed by atoms with Crippen LogP contribution in [0.4, 0.5) is 11.5 Å². The van der Waals surface area contributed by atoms with Crippen LogP contribution < -0.4 is 15.1 Å². The van der Waals surface area contributed by atoms with Crippen LogP contribution in [0.15, 0.2) is 67.0 Å². The van der Waals surface area contributed by atoms with E-state index in [0.717, 1.165) is 37.6 Å². The Morgan fingerprint density at radius 3 is 2.45 bits per heavy atom. The average Bonchev–Trinajstić information content (AvgIpc) is 2.78. The molecule has 1 fully saturated rings. The normalized spacial score (nSPS) is 14.0. The molecule has 0 unspecified atom stereocenters. The lowest BCUT2D eigenvalue weighted by Gasteiger charge is -2.36. The van der Waals surface area contributed by atoms with Crippen LogP contribution in [0.5, 0.6) is 0 Å². The summed E-state index contributed by atoms with van der Waals surface area (Å²) in [6, 6.07) is 20.2. The number of amides is 1. The molecule has 0 radical (unpaired) electrons. The maximum Gasteiger partial charge on any atom is 0.270 e. The topological polar surface area (TPSA) is 61.4 Å². The van der Waals surface area contributed by atoms with E-state index in [2.05, 4.69) is 56.3 Å². The molecular weight excluding hydrogens is 362 g/mol. The number of nitrogens with one attached hydrogen (secondary N) is 1. The molecule has 1 saturated heterocycles. The number of hydrogen-bond acceptors (Lipinski definition) is 5. The Bertz CT molecular complexity index is 968. The number of anilines is 2. The molecule has 1 N–H and O–H groups in total. The molecule has 1 aliphatic heterocycles. The Balaban J connectivity index is 1.37. The van der Waals surface area contributed by atoms with Gasteiger partial charge in [0, 0.05) is 44.5 Å². The molecule has 2 heterocycles. The molecule has 0 atom stereocenters. The molecule has 1 aromatic heterocycles. The lowest BCUT2D eigenvalue weighted by atomic mass is 10.2. The van der Waals surface area contributed by atoms with Crippen LogP contribution in [0.25, 0.3) is 0 Å². The van der Waals surface area contributed by atoms with Gasteiger partial charge in [-0.3, -0.25) is 4.79 Å². The number of nitrogens with zero attached hydrogens (tertiary/aromatic N) is 4. The first-order valence-corrected chi connectivity index (χ1v) is 9.90. The second-order valence-corrected chi connectivity index (χ2v) is 7.24. The molecule has 3 aromatic rings. The van der Waals surface area contributed by atoms with Crippen molar-refractivity contribution in [1.82, 2.24) is 15.3 Å². The second-order valence-electron chi connectivity index (χ2n) is 7.24. The van der Waals surface area contributed by atoms with Gasteiger partial charge in [0.15, 0.2) is 0 Å². The summed E-state index contributed by atoms with van der Waals surface area (Å²) in [5, 5.41) is 2.92. The van der Waals surface area contributed by atoms with Gasteiger partial charge in [0.05, 0.1) is 0 Å². The molecular formula is C23H25N5O. The molecule has 0 bridgehead atoms. The van der Waals surface area contributed by atoms with Crippen molar-refractivity contribution < 1.29 is 4.79 Å². The van der Waals surface area contributed by atoms with Gasteiger partial charge in [-0.15, -0.1) is 0 Å². The first-order chi connectivity index (χ1) is 14.2. The molecule has 0 aliphatic carbocycles. The van der Waals surface area contributed by atoms with Crippen LogP contribution in [0, 0.1) is 6.92 Å². The number of carbonyl (C=O) groups is 1. The standard InChI is InChI=1S/C23H25N5O/c1-18-6-5-9-20(14-18)27-10-12-28(13-11-27)22-15-21(25-17-26-22)23(29)24-16-19-7-3-2-4-8-19/h2-9,14-15,17H,10-13,16H2,1H3,(H,24,29). The summed E-state index contributed by atoms with van der Waals surface area (Å²) in [5.41, 5.74) is 3.98.